The lowest BCUT2D eigenvalue weighted by molar-refractivity contribution is -0.143. The van der Waals surface area contributed by atoms with Crippen LogP contribution in [0.2, 0.25) is 0 Å². The van der Waals surface area contributed by atoms with Crippen molar-refractivity contribution < 1.29 is 14.3 Å². The van der Waals surface area contributed by atoms with E-state index >= 15 is 0 Å². The minimum absolute atomic E-state index is 0.0375. The zero-order valence-corrected chi connectivity index (χ0v) is 13.9. The van der Waals surface area contributed by atoms with E-state index in [9.17, 15) is 9.59 Å². The second-order valence-corrected chi connectivity index (χ2v) is 7.06. The zero-order valence-electron chi connectivity index (χ0n) is 13.9. The number of nitrogens with one attached hydrogen (secondary N) is 1. The van der Waals surface area contributed by atoms with Crippen LogP contribution in [0.1, 0.15) is 32.6 Å². The van der Waals surface area contributed by atoms with E-state index in [4.69, 9.17) is 10.5 Å². The molecule has 2 aliphatic heterocycles. The fraction of sp³-hybridized carbons (Fsp3) is 0.875. The molecule has 130 valence electrons. The fourth-order valence-electron chi connectivity index (χ4n) is 3.29. The van der Waals surface area contributed by atoms with Gasteiger partial charge in [-0.25, -0.2) is 0 Å². The number of carbonyl (C=O) groups is 2. The Kier molecular flexibility index (Phi) is 4.89. The quantitative estimate of drug-likeness (QED) is 0.714. The molecule has 0 aromatic heterocycles. The van der Waals surface area contributed by atoms with Crippen molar-refractivity contribution in [1.29, 1.82) is 0 Å². The summed E-state index contributed by atoms with van der Waals surface area (Å²) >= 11 is 0. The van der Waals surface area contributed by atoms with Crippen molar-refractivity contribution in [3.05, 3.63) is 0 Å². The Morgan fingerprint density at radius 3 is 2.35 bits per heavy atom. The predicted octanol–water partition coefficient (Wildman–Crippen LogP) is -0.694. The molecule has 0 bridgehead atoms. The SMILES string of the molecule is CC(C(=O)NC1CC1)N1CCN(C(=O)C2(N)CCOCC2)CC1. The van der Waals surface area contributed by atoms with Crippen LogP contribution in [-0.2, 0) is 14.3 Å². The molecule has 3 rings (SSSR count). The average molecular weight is 324 g/mol. The number of ether oxygens (including phenoxy) is 1. The molecule has 2 amide bonds. The highest BCUT2D eigenvalue weighted by Gasteiger charge is 2.40. The summed E-state index contributed by atoms with van der Waals surface area (Å²) < 4.78 is 5.31. The van der Waals surface area contributed by atoms with Crippen molar-refractivity contribution in [2.45, 2.75) is 50.2 Å². The second kappa shape index (κ2) is 6.75. The van der Waals surface area contributed by atoms with Crippen LogP contribution in [0.4, 0.5) is 0 Å². The normalized spacial score (nSPS) is 26.6. The van der Waals surface area contributed by atoms with E-state index < -0.39 is 5.54 Å². The number of rotatable bonds is 4. The van der Waals surface area contributed by atoms with Gasteiger partial charge in [0.25, 0.3) is 0 Å². The molecule has 2 heterocycles. The van der Waals surface area contributed by atoms with E-state index in [2.05, 4.69) is 10.2 Å². The first kappa shape index (κ1) is 16.7. The van der Waals surface area contributed by atoms with E-state index in [0.717, 1.165) is 25.9 Å². The number of hydrogen-bond donors (Lipinski definition) is 2. The van der Waals surface area contributed by atoms with Gasteiger partial charge in [0.1, 0.15) is 0 Å². The minimum atomic E-state index is -0.768. The van der Waals surface area contributed by atoms with Crippen LogP contribution >= 0.6 is 0 Å². The Balaban J connectivity index is 1.49. The Hall–Kier alpha value is -1.18. The predicted molar refractivity (Wildman–Crippen MR) is 85.8 cm³/mol. The third-order valence-corrected chi connectivity index (χ3v) is 5.26. The van der Waals surface area contributed by atoms with Crippen molar-refractivity contribution in [2.24, 2.45) is 5.73 Å². The van der Waals surface area contributed by atoms with Gasteiger partial charge in [0.15, 0.2) is 0 Å². The smallest absolute Gasteiger partial charge is 0.242 e. The lowest BCUT2D eigenvalue weighted by Gasteiger charge is -2.42. The highest BCUT2D eigenvalue weighted by molar-refractivity contribution is 5.86. The van der Waals surface area contributed by atoms with Crippen LogP contribution in [0.15, 0.2) is 0 Å². The Labute approximate surface area is 137 Å². The molecule has 0 aromatic rings. The molecule has 7 heteroatoms. The number of hydrogen-bond acceptors (Lipinski definition) is 5. The number of piperazine rings is 1. The molecule has 1 aliphatic carbocycles. The summed E-state index contributed by atoms with van der Waals surface area (Å²) in [5.74, 6) is 0.141. The van der Waals surface area contributed by atoms with E-state index in [1.807, 2.05) is 11.8 Å². The molecule has 0 aromatic carbocycles. The van der Waals surface area contributed by atoms with E-state index in [-0.39, 0.29) is 17.9 Å². The summed E-state index contributed by atoms with van der Waals surface area (Å²) in [6, 6.07) is 0.251. The minimum Gasteiger partial charge on any atom is -0.381 e. The topological polar surface area (TPSA) is 87.9 Å². The first-order valence-corrected chi connectivity index (χ1v) is 8.70. The van der Waals surface area contributed by atoms with Gasteiger partial charge < -0.3 is 20.7 Å². The highest BCUT2D eigenvalue weighted by Crippen LogP contribution is 2.22. The summed E-state index contributed by atoms with van der Waals surface area (Å²) in [4.78, 5) is 28.8. The zero-order chi connectivity index (χ0) is 16.4. The van der Waals surface area contributed by atoms with Crippen molar-refractivity contribution in [2.75, 3.05) is 39.4 Å². The Bertz CT molecular complexity index is 452. The van der Waals surface area contributed by atoms with Gasteiger partial charge in [-0.15, -0.1) is 0 Å². The van der Waals surface area contributed by atoms with Crippen LogP contribution in [0.5, 0.6) is 0 Å². The first-order chi connectivity index (χ1) is 11.0. The molecule has 1 atom stereocenters. The molecule has 1 unspecified atom stereocenters. The monoisotopic (exact) mass is 324 g/mol. The van der Waals surface area contributed by atoms with Gasteiger partial charge in [0.2, 0.25) is 11.8 Å². The van der Waals surface area contributed by atoms with E-state index in [0.29, 0.717) is 45.2 Å². The molecule has 0 spiro atoms. The molecule has 7 nitrogen and oxygen atoms in total. The second-order valence-electron chi connectivity index (χ2n) is 7.06. The molecule has 0 radical (unpaired) electrons. The largest absolute Gasteiger partial charge is 0.381 e. The molecule has 3 fully saturated rings. The third kappa shape index (κ3) is 3.84. The highest BCUT2D eigenvalue weighted by atomic mass is 16.5. The van der Waals surface area contributed by atoms with Gasteiger partial charge >= 0.3 is 0 Å². The summed E-state index contributed by atoms with van der Waals surface area (Å²) in [5.41, 5.74) is 5.52. The number of nitrogens with two attached hydrogens (primary N) is 1. The standard InChI is InChI=1S/C16H28N4O3/c1-12(14(21)18-13-2-3-13)19-6-8-20(9-7-19)15(22)16(17)4-10-23-11-5-16/h12-13H,2-11,17H2,1H3,(H,18,21). The van der Waals surface area contributed by atoms with Crippen molar-refractivity contribution in [3.63, 3.8) is 0 Å². The maximum Gasteiger partial charge on any atom is 0.242 e. The van der Waals surface area contributed by atoms with E-state index in [1.165, 1.54) is 0 Å². The fourth-order valence-corrected chi connectivity index (χ4v) is 3.29. The van der Waals surface area contributed by atoms with Crippen LogP contribution < -0.4 is 11.1 Å². The molecule has 1 saturated carbocycles. The number of amides is 2. The number of nitrogens with zero attached hydrogens (tertiary/aromatic N) is 2. The van der Waals surface area contributed by atoms with Crippen molar-refractivity contribution >= 4 is 11.8 Å². The first-order valence-electron chi connectivity index (χ1n) is 8.70. The Morgan fingerprint density at radius 2 is 1.78 bits per heavy atom. The van der Waals surface area contributed by atoms with Gasteiger partial charge in [-0.05, 0) is 32.6 Å². The van der Waals surface area contributed by atoms with Gasteiger partial charge in [0.05, 0.1) is 11.6 Å². The van der Waals surface area contributed by atoms with Gasteiger partial charge in [-0.2, -0.15) is 0 Å². The number of carbonyl (C=O) groups excluding carboxylic acids is 2. The van der Waals surface area contributed by atoms with Gasteiger partial charge in [-0.3, -0.25) is 14.5 Å². The van der Waals surface area contributed by atoms with Gasteiger partial charge in [-0.1, -0.05) is 0 Å². The Morgan fingerprint density at radius 1 is 1.17 bits per heavy atom. The molecule has 3 N–H and O–H groups in total. The van der Waals surface area contributed by atoms with Crippen LogP contribution in [-0.4, -0.2) is 78.6 Å². The summed E-state index contributed by atoms with van der Waals surface area (Å²) in [6.07, 6.45) is 3.38. The van der Waals surface area contributed by atoms with Crippen molar-refractivity contribution in [1.82, 2.24) is 15.1 Å². The van der Waals surface area contributed by atoms with Gasteiger partial charge in [0, 0.05) is 45.4 Å². The van der Waals surface area contributed by atoms with Crippen molar-refractivity contribution in [3.8, 4) is 0 Å². The van der Waals surface area contributed by atoms with E-state index in [1.54, 1.807) is 0 Å². The average Bonchev–Trinajstić information content (AvgIpc) is 3.38. The molecule has 23 heavy (non-hydrogen) atoms. The summed E-state index contributed by atoms with van der Waals surface area (Å²) in [7, 11) is 0. The third-order valence-electron chi connectivity index (χ3n) is 5.26. The summed E-state index contributed by atoms with van der Waals surface area (Å²) in [5, 5.41) is 3.05. The lowest BCUT2D eigenvalue weighted by atomic mass is 9.89. The molecule has 3 aliphatic rings. The molecular weight excluding hydrogens is 296 g/mol. The molecular formula is C16H28N4O3. The van der Waals surface area contributed by atoms with Crippen LogP contribution in [0.3, 0.4) is 0 Å². The van der Waals surface area contributed by atoms with Crippen LogP contribution in [0, 0.1) is 0 Å². The van der Waals surface area contributed by atoms with Crippen LogP contribution in [0.25, 0.3) is 0 Å². The maximum atomic E-state index is 12.7. The maximum absolute atomic E-state index is 12.7. The summed E-state index contributed by atoms with van der Waals surface area (Å²) in [6.45, 7) is 5.77. The molecule has 2 saturated heterocycles. The lowest BCUT2D eigenvalue weighted by Crippen LogP contribution is -2.62.